The van der Waals surface area contributed by atoms with Gasteiger partial charge in [-0.05, 0) is 32.0 Å². The number of likely N-dealkylation sites (N-methyl/N-ethyl adjacent to an activating group) is 1. The summed E-state index contributed by atoms with van der Waals surface area (Å²) in [6.07, 6.45) is 4.81. The molecular weight excluding hydrogens is 297 g/mol. The van der Waals surface area contributed by atoms with Crippen molar-refractivity contribution in [2.24, 2.45) is 0 Å². The molecule has 0 heterocycles. The van der Waals surface area contributed by atoms with Crippen LogP contribution in [-0.2, 0) is 4.79 Å². The number of rotatable bonds is 4. The van der Waals surface area contributed by atoms with Gasteiger partial charge in [-0.3, -0.25) is 9.69 Å². The molecule has 1 aliphatic rings. The largest absolute Gasteiger partial charge is 0.397 e. The molecule has 110 valence electrons. The first-order valence-corrected chi connectivity index (χ1v) is 7.47. The first kappa shape index (κ1) is 15.4. The van der Waals surface area contributed by atoms with E-state index in [2.05, 4.69) is 10.2 Å². The number of hydrogen-bond donors (Lipinski definition) is 2. The lowest BCUT2D eigenvalue weighted by Gasteiger charge is -2.23. The van der Waals surface area contributed by atoms with Gasteiger partial charge in [0, 0.05) is 11.1 Å². The van der Waals surface area contributed by atoms with Gasteiger partial charge in [-0.25, -0.2) is 0 Å². The third-order valence-electron chi connectivity index (χ3n) is 3.69. The predicted octanol–water partition coefficient (Wildman–Crippen LogP) is 3.39. The standard InChI is InChI=1S/C14H19Cl2N3O/c1-19(10-4-2-3-5-10)8-13(20)18-14-11(16)6-9(15)7-12(14)17/h6-7,10H,2-5,8,17H2,1H3,(H,18,20). The van der Waals surface area contributed by atoms with Gasteiger partial charge in [0.05, 0.1) is 22.9 Å². The molecule has 1 saturated carbocycles. The highest BCUT2D eigenvalue weighted by Crippen LogP contribution is 2.32. The molecular formula is C14H19Cl2N3O. The quantitative estimate of drug-likeness (QED) is 0.837. The summed E-state index contributed by atoms with van der Waals surface area (Å²) >= 11 is 11.9. The van der Waals surface area contributed by atoms with Crippen molar-refractivity contribution in [3.63, 3.8) is 0 Å². The van der Waals surface area contributed by atoms with Crippen molar-refractivity contribution < 1.29 is 4.79 Å². The van der Waals surface area contributed by atoms with E-state index in [1.54, 1.807) is 12.1 Å². The highest BCUT2D eigenvalue weighted by molar-refractivity contribution is 6.37. The molecule has 0 bridgehead atoms. The number of benzene rings is 1. The van der Waals surface area contributed by atoms with E-state index in [9.17, 15) is 4.79 Å². The second-order valence-electron chi connectivity index (χ2n) is 5.25. The summed E-state index contributed by atoms with van der Waals surface area (Å²) in [6.45, 7) is 0.336. The Morgan fingerprint density at radius 3 is 2.65 bits per heavy atom. The molecule has 2 rings (SSSR count). The molecule has 1 amide bonds. The summed E-state index contributed by atoms with van der Waals surface area (Å²) in [5, 5.41) is 3.57. The zero-order chi connectivity index (χ0) is 14.7. The predicted molar refractivity (Wildman–Crippen MR) is 84.4 cm³/mol. The van der Waals surface area contributed by atoms with E-state index in [1.807, 2.05) is 7.05 Å². The van der Waals surface area contributed by atoms with Crippen molar-refractivity contribution in [3.8, 4) is 0 Å². The average Bonchev–Trinajstić information content (AvgIpc) is 2.87. The van der Waals surface area contributed by atoms with Crippen LogP contribution < -0.4 is 11.1 Å². The highest BCUT2D eigenvalue weighted by atomic mass is 35.5. The van der Waals surface area contributed by atoms with E-state index in [4.69, 9.17) is 28.9 Å². The lowest BCUT2D eigenvalue weighted by atomic mass is 10.2. The van der Waals surface area contributed by atoms with Crippen LogP contribution >= 0.6 is 23.2 Å². The van der Waals surface area contributed by atoms with E-state index < -0.39 is 0 Å². The van der Waals surface area contributed by atoms with Crippen LogP contribution in [0, 0.1) is 0 Å². The number of halogens is 2. The topological polar surface area (TPSA) is 58.4 Å². The Balaban J connectivity index is 1.97. The number of nitrogens with zero attached hydrogens (tertiary/aromatic N) is 1. The van der Waals surface area contributed by atoms with Crippen LogP contribution in [0.3, 0.4) is 0 Å². The lowest BCUT2D eigenvalue weighted by molar-refractivity contribution is -0.117. The van der Waals surface area contributed by atoms with Gasteiger partial charge in [-0.1, -0.05) is 36.0 Å². The Morgan fingerprint density at radius 2 is 2.05 bits per heavy atom. The van der Waals surface area contributed by atoms with Gasteiger partial charge in [-0.2, -0.15) is 0 Å². The van der Waals surface area contributed by atoms with E-state index >= 15 is 0 Å². The zero-order valence-electron chi connectivity index (χ0n) is 11.5. The minimum absolute atomic E-state index is 0.115. The highest BCUT2D eigenvalue weighted by Gasteiger charge is 2.21. The molecule has 0 aliphatic heterocycles. The summed E-state index contributed by atoms with van der Waals surface area (Å²) in [5.74, 6) is -0.115. The fourth-order valence-electron chi connectivity index (χ4n) is 2.60. The lowest BCUT2D eigenvalue weighted by Crippen LogP contribution is -2.36. The molecule has 0 atom stereocenters. The second kappa shape index (κ2) is 6.66. The molecule has 3 N–H and O–H groups in total. The van der Waals surface area contributed by atoms with Crippen LogP contribution in [0.25, 0.3) is 0 Å². The number of nitrogens with one attached hydrogen (secondary N) is 1. The molecule has 0 aromatic heterocycles. The third kappa shape index (κ3) is 3.78. The number of amides is 1. The van der Waals surface area contributed by atoms with Crippen molar-refractivity contribution in [2.75, 3.05) is 24.6 Å². The number of carbonyl (C=O) groups is 1. The summed E-state index contributed by atoms with van der Waals surface area (Å²) in [6, 6.07) is 3.64. The van der Waals surface area contributed by atoms with Crippen LogP contribution in [0.5, 0.6) is 0 Å². The Kier molecular flexibility index (Phi) is 5.13. The van der Waals surface area contributed by atoms with E-state index in [1.165, 1.54) is 12.8 Å². The van der Waals surface area contributed by atoms with E-state index in [-0.39, 0.29) is 5.91 Å². The third-order valence-corrected chi connectivity index (χ3v) is 4.21. The minimum atomic E-state index is -0.115. The minimum Gasteiger partial charge on any atom is -0.397 e. The molecule has 1 aromatic rings. The molecule has 0 unspecified atom stereocenters. The molecule has 1 aliphatic carbocycles. The summed E-state index contributed by atoms with van der Waals surface area (Å²) in [7, 11) is 1.97. The first-order chi connectivity index (χ1) is 9.47. The van der Waals surface area contributed by atoms with Gasteiger partial charge in [0.2, 0.25) is 5.91 Å². The molecule has 1 aromatic carbocycles. The van der Waals surface area contributed by atoms with Crippen LogP contribution in [-0.4, -0.2) is 30.4 Å². The van der Waals surface area contributed by atoms with Gasteiger partial charge in [0.25, 0.3) is 0 Å². The molecule has 0 radical (unpaired) electrons. The van der Waals surface area contributed by atoms with E-state index in [0.29, 0.717) is 34.0 Å². The maximum absolute atomic E-state index is 12.1. The van der Waals surface area contributed by atoms with Crippen molar-refractivity contribution >= 4 is 40.5 Å². The molecule has 4 nitrogen and oxygen atoms in total. The van der Waals surface area contributed by atoms with Gasteiger partial charge < -0.3 is 11.1 Å². The maximum Gasteiger partial charge on any atom is 0.238 e. The Hall–Kier alpha value is -0.970. The maximum atomic E-state index is 12.1. The van der Waals surface area contributed by atoms with Crippen molar-refractivity contribution in [1.29, 1.82) is 0 Å². The van der Waals surface area contributed by atoms with Crippen molar-refractivity contribution in [2.45, 2.75) is 31.7 Å². The van der Waals surface area contributed by atoms with Crippen LogP contribution in [0.4, 0.5) is 11.4 Å². The Morgan fingerprint density at radius 1 is 1.40 bits per heavy atom. The van der Waals surface area contributed by atoms with Gasteiger partial charge in [0.15, 0.2) is 0 Å². The molecule has 20 heavy (non-hydrogen) atoms. The van der Waals surface area contributed by atoms with Crippen LogP contribution in [0.15, 0.2) is 12.1 Å². The average molecular weight is 316 g/mol. The fourth-order valence-corrected chi connectivity index (χ4v) is 3.16. The Bertz CT molecular complexity index is 478. The van der Waals surface area contributed by atoms with Gasteiger partial charge in [-0.15, -0.1) is 0 Å². The summed E-state index contributed by atoms with van der Waals surface area (Å²) in [5.41, 5.74) is 6.63. The summed E-state index contributed by atoms with van der Waals surface area (Å²) < 4.78 is 0. The van der Waals surface area contributed by atoms with Crippen molar-refractivity contribution in [3.05, 3.63) is 22.2 Å². The smallest absolute Gasteiger partial charge is 0.238 e. The van der Waals surface area contributed by atoms with Crippen molar-refractivity contribution in [1.82, 2.24) is 4.90 Å². The number of carbonyl (C=O) groups excluding carboxylic acids is 1. The fraction of sp³-hybridized carbons (Fsp3) is 0.500. The Labute approximate surface area is 129 Å². The number of anilines is 2. The van der Waals surface area contributed by atoms with Gasteiger partial charge >= 0.3 is 0 Å². The molecule has 1 fully saturated rings. The second-order valence-corrected chi connectivity index (χ2v) is 6.10. The number of nitrogen functional groups attached to an aromatic ring is 1. The van der Waals surface area contributed by atoms with Gasteiger partial charge in [0.1, 0.15) is 0 Å². The number of hydrogen-bond acceptors (Lipinski definition) is 3. The van der Waals surface area contributed by atoms with E-state index in [0.717, 1.165) is 12.8 Å². The van der Waals surface area contributed by atoms with Crippen LogP contribution in [0.1, 0.15) is 25.7 Å². The first-order valence-electron chi connectivity index (χ1n) is 6.72. The SMILES string of the molecule is CN(CC(=O)Nc1c(N)cc(Cl)cc1Cl)C1CCCC1. The van der Waals surface area contributed by atoms with Crippen LogP contribution in [0.2, 0.25) is 10.0 Å². The summed E-state index contributed by atoms with van der Waals surface area (Å²) in [4.78, 5) is 14.2. The zero-order valence-corrected chi connectivity index (χ0v) is 13.0. The normalized spacial score (nSPS) is 15.8. The molecule has 0 saturated heterocycles. The molecule has 6 heteroatoms. The monoisotopic (exact) mass is 315 g/mol. The molecule has 0 spiro atoms. The number of nitrogens with two attached hydrogens (primary N) is 1.